The van der Waals surface area contributed by atoms with Crippen molar-refractivity contribution < 1.29 is 4.74 Å². The first kappa shape index (κ1) is 21.7. The summed E-state index contributed by atoms with van der Waals surface area (Å²) in [7, 11) is 0. The van der Waals surface area contributed by atoms with Crippen molar-refractivity contribution >= 4 is 28.4 Å². The predicted molar refractivity (Wildman–Crippen MR) is 130 cm³/mol. The maximum atomic E-state index is 5.67. The molecule has 0 spiro atoms. The number of anilines is 1. The van der Waals surface area contributed by atoms with E-state index < -0.39 is 0 Å². The monoisotopic (exact) mass is 427 g/mol. The van der Waals surface area contributed by atoms with Crippen LogP contribution in [-0.2, 0) is 0 Å². The number of ether oxygens (including phenoxy) is 1. The third-order valence-corrected chi connectivity index (χ3v) is 5.34. The SMILES string of the molecule is CCCCOc1ccc(N=Nc2ccc(N=Nc3ccc(N4CCCC4)cc3)cc2)cc1. The maximum Gasteiger partial charge on any atom is 0.119 e. The lowest BCUT2D eigenvalue weighted by molar-refractivity contribution is 0.309. The van der Waals surface area contributed by atoms with E-state index in [1.54, 1.807) is 0 Å². The Morgan fingerprint density at radius 3 is 1.56 bits per heavy atom. The second-order valence-corrected chi connectivity index (χ2v) is 7.82. The highest BCUT2D eigenvalue weighted by molar-refractivity contribution is 5.54. The number of hydrogen-bond acceptors (Lipinski definition) is 6. The van der Waals surface area contributed by atoms with Gasteiger partial charge in [-0.15, -0.1) is 0 Å². The van der Waals surface area contributed by atoms with Gasteiger partial charge in [0.1, 0.15) is 5.75 Å². The third-order valence-electron chi connectivity index (χ3n) is 5.34. The van der Waals surface area contributed by atoms with Crippen molar-refractivity contribution in [1.82, 2.24) is 0 Å². The summed E-state index contributed by atoms with van der Waals surface area (Å²) in [5.74, 6) is 0.859. The maximum absolute atomic E-state index is 5.67. The van der Waals surface area contributed by atoms with Crippen LogP contribution in [0.25, 0.3) is 0 Å². The van der Waals surface area contributed by atoms with Crippen LogP contribution in [-0.4, -0.2) is 19.7 Å². The first-order valence-electron chi connectivity index (χ1n) is 11.3. The van der Waals surface area contributed by atoms with Crippen molar-refractivity contribution in [3.63, 3.8) is 0 Å². The van der Waals surface area contributed by atoms with E-state index in [2.05, 4.69) is 44.4 Å². The van der Waals surface area contributed by atoms with Crippen molar-refractivity contribution in [3.05, 3.63) is 72.8 Å². The van der Waals surface area contributed by atoms with Crippen LogP contribution < -0.4 is 9.64 Å². The second-order valence-electron chi connectivity index (χ2n) is 7.82. The molecule has 1 fully saturated rings. The molecule has 1 saturated heterocycles. The van der Waals surface area contributed by atoms with Gasteiger partial charge in [0.15, 0.2) is 0 Å². The van der Waals surface area contributed by atoms with Gasteiger partial charge in [-0.3, -0.25) is 0 Å². The molecule has 0 amide bonds. The lowest BCUT2D eigenvalue weighted by Crippen LogP contribution is -2.17. The van der Waals surface area contributed by atoms with Crippen LogP contribution in [0.2, 0.25) is 0 Å². The van der Waals surface area contributed by atoms with Crippen molar-refractivity contribution in [2.75, 3.05) is 24.6 Å². The zero-order chi connectivity index (χ0) is 22.0. The van der Waals surface area contributed by atoms with Gasteiger partial charge in [0.2, 0.25) is 0 Å². The lowest BCUT2D eigenvalue weighted by Gasteiger charge is -2.17. The summed E-state index contributed by atoms with van der Waals surface area (Å²) in [5, 5.41) is 17.3. The van der Waals surface area contributed by atoms with Crippen LogP contribution in [0.1, 0.15) is 32.6 Å². The molecule has 0 aromatic heterocycles. The third kappa shape index (κ3) is 6.23. The molecule has 3 aromatic carbocycles. The first-order valence-corrected chi connectivity index (χ1v) is 11.3. The summed E-state index contributed by atoms with van der Waals surface area (Å²) in [6.45, 7) is 5.17. The Morgan fingerprint density at radius 1 is 0.656 bits per heavy atom. The summed E-state index contributed by atoms with van der Waals surface area (Å²) < 4.78 is 5.67. The van der Waals surface area contributed by atoms with Gasteiger partial charge in [-0.2, -0.15) is 20.5 Å². The number of benzene rings is 3. The second kappa shape index (κ2) is 11.2. The molecule has 32 heavy (non-hydrogen) atoms. The van der Waals surface area contributed by atoms with E-state index in [0.29, 0.717) is 0 Å². The Bertz CT molecular complexity index is 1020. The van der Waals surface area contributed by atoms with Gasteiger partial charge in [-0.25, -0.2) is 0 Å². The van der Waals surface area contributed by atoms with E-state index in [1.807, 2.05) is 60.7 Å². The standard InChI is InChI=1S/C26H29N5O/c1-2-3-20-32-26-16-12-24(13-17-26)30-28-22-8-6-21(7-9-22)27-29-23-10-14-25(15-11-23)31-18-4-5-19-31/h6-17H,2-5,18-20H2,1H3. The summed E-state index contributed by atoms with van der Waals surface area (Å²) in [6.07, 6.45) is 4.73. The Labute approximate surface area is 189 Å². The van der Waals surface area contributed by atoms with Crippen molar-refractivity contribution in [1.29, 1.82) is 0 Å². The highest BCUT2D eigenvalue weighted by Crippen LogP contribution is 2.26. The highest BCUT2D eigenvalue weighted by atomic mass is 16.5. The van der Waals surface area contributed by atoms with Gasteiger partial charge in [0, 0.05) is 18.8 Å². The van der Waals surface area contributed by atoms with Crippen molar-refractivity contribution in [2.45, 2.75) is 32.6 Å². The molecular formula is C26H29N5O. The predicted octanol–water partition coefficient (Wildman–Crippen LogP) is 8.30. The Balaban J connectivity index is 1.30. The quantitative estimate of drug-likeness (QED) is 0.255. The molecule has 0 aliphatic carbocycles. The Morgan fingerprint density at radius 2 is 1.09 bits per heavy atom. The highest BCUT2D eigenvalue weighted by Gasteiger charge is 2.11. The van der Waals surface area contributed by atoms with E-state index in [1.165, 1.54) is 18.5 Å². The number of rotatable bonds is 9. The normalized spacial score (nSPS) is 14.0. The summed E-state index contributed by atoms with van der Waals surface area (Å²) in [5.41, 5.74) is 4.44. The molecule has 0 radical (unpaired) electrons. The summed E-state index contributed by atoms with van der Waals surface area (Å²) in [4.78, 5) is 2.41. The minimum absolute atomic E-state index is 0.741. The van der Waals surface area contributed by atoms with Crippen LogP contribution in [0.3, 0.4) is 0 Å². The fourth-order valence-corrected chi connectivity index (χ4v) is 3.47. The molecule has 0 N–H and O–H groups in total. The van der Waals surface area contributed by atoms with E-state index >= 15 is 0 Å². The smallest absolute Gasteiger partial charge is 0.119 e. The fraction of sp³-hybridized carbons (Fsp3) is 0.308. The number of nitrogens with zero attached hydrogens (tertiary/aromatic N) is 5. The average molecular weight is 428 g/mol. The summed E-state index contributed by atoms with van der Waals surface area (Å²) in [6, 6.07) is 23.5. The van der Waals surface area contributed by atoms with Gasteiger partial charge in [0.25, 0.3) is 0 Å². The minimum Gasteiger partial charge on any atom is -0.494 e. The molecular weight excluding hydrogens is 398 g/mol. The van der Waals surface area contributed by atoms with Crippen LogP contribution in [0, 0.1) is 0 Å². The molecule has 0 atom stereocenters. The molecule has 0 unspecified atom stereocenters. The molecule has 4 rings (SSSR count). The first-order chi connectivity index (χ1) is 15.8. The van der Waals surface area contributed by atoms with Crippen LogP contribution >= 0.6 is 0 Å². The number of unbranched alkanes of at least 4 members (excludes halogenated alkanes) is 1. The zero-order valence-corrected chi connectivity index (χ0v) is 18.5. The van der Waals surface area contributed by atoms with Crippen LogP contribution in [0.15, 0.2) is 93.3 Å². The van der Waals surface area contributed by atoms with Gasteiger partial charge in [0.05, 0.1) is 29.4 Å². The van der Waals surface area contributed by atoms with E-state index in [0.717, 1.165) is 61.0 Å². The topological polar surface area (TPSA) is 61.9 Å². The molecule has 0 saturated carbocycles. The van der Waals surface area contributed by atoms with E-state index in [9.17, 15) is 0 Å². The van der Waals surface area contributed by atoms with E-state index in [4.69, 9.17) is 4.74 Å². The number of hydrogen-bond donors (Lipinski definition) is 0. The zero-order valence-electron chi connectivity index (χ0n) is 18.5. The Hall–Kier alpha value is -3.54. The minimum atomic E-state index is 0.741. The largest absolute Gasteiger partial charge is 0.494 e. The van der Waals surface area contributed by atoms with Gasteiger partial charge < -0.3 is 9.64 Å². The molecule has 3 aromatic rings. The lowest BCUT2D eigenvalue weighted by atomic mass is 10.2. The average Bonchev–Trinajstić information content (AvgIpc) is 3.38. The van der Waals surface area contributed by atoms with Gasteiger partial charge in [-0.1, -0.05) is 13.3 Å². The summed E-state index contributed by atoms with van der Waals surface area (Å²) >= 11 is 0. The molecule has 1 aliphatic heterocycles. The Kier molecular flexibility index (Phi) is 7.58. The molecule has 0 bridgehead atoms. The van der Waals surface area contributed by atoms with Gasteiger partial charge >= 0.3 is 0 Å². The van der Waals surface area contributed by atoms with Crippen LogP contribution in [0.4, 0.5) is 28.4 Å². The van der Waals surface area contributed by atoms with Crippen LogP contribution in [0.5, 0.6) is 5.75 Å². The van der Waals surface area contributed by atoms with Gasteiger partial charge in [-0.05, 0) is 92.1 Å². The molecule has 1 heterocycles. The van der Waals surface area contributed by atoms with Crippen molar-refractivity contribution in [2.24, 2.45) is 20.5 Å². The molecule has 1 aliphatic rings. The molecule has 6 heteroatoms. The van der Waals surface area contributed by atoms with Crippen molar-refractivity contribution in [3.8, 4) is 5.75 Å². The molecule has 164 valence electrons. The van der Waals surface area contributed by atoms with E-state index in [-0.39, 0.29) is 0 Å². The number of azo groups is 2. The fourth-order valence-electron chi connectivity index (χ4n) is 3.47. The molecule has 6 nitrogen and oxygen atoms in total.